The highest BCUT2D eigenvalue weighted by atomic mass is 35.5. The van der Waals surface area contributed by atoms with Crippen molar-refractivity contribution in [3.8, 4) is 17.2 Å². The molecule has 2 amide bonds. The van der Waals surface area contributed by atoms with E-state index in [1.807, 2.05) is 49.4 Å². The van der Waals surface area contributed by atoms with E-state index < -0.39 is 77.2 Å². The van der Waals surface area contributed by atoms with Crippen molar-refractivity contribution in [3.05, 3.63) is 116 Å². The number of aryl methyl sites for hydroxylation is 2. The Kier molecular flexibility index (Phi) is 27.3. The summed E-state index contributed by atoms with van der Waals surface area (Å²) in [5.74, 6) is -3.30. The van der Waals surface area contributed by atoms with Crippen molar-refractivity contribution in [2.45, 2.75) is 70.6 Å². The Labute approximate surface area is 449 Å². The average molecular weight is 1160 g/mol. The van der Waals surface area contributed by atoms with E-state index in [1.54, 1.807) is 23.8 Å². The first-order chi connectivity index (χ1) is 35.1. The first-order valence-electron chi connectivity index (χ1n) is 22.1. The van der Waals surface area contributed by atoms with Crippen molar-refractivity contribution in [1.82, 2.24) is 5.32 Å². The number of ether oxygens (including phenoxy) is 5. The second-order valence-corrected chi connectivity index (χ2v) is 18.7. The summed E-state index contributed by atoms with van der Waals surface area (Å²) in [7, 11) is -2.52. The number of anilines is 2. The molecule has 0 fully saturated rings. The van der Waals surface area contributed by atoms with Gasteiger partial charge in [0.05, 0.1) is 52.4 Å². The molecule has 20 nitrogen and oxygen atoms in total. The van der Waals surface area contributed by atoms with Gasteiger partial charge in [0.15, 0.2) is 10.9 Å². The summed E-state index contributed by atoms with van der Waals surface area (Å²) in [5, 5.41) is 20.9. The van der Waals surface area contributed by atoms with E-state index in [4.69, 9.17) is 85.0 Å². The fourth-order valence-corrected chi connectivity index (χ4v) is 7.37. The number of carbonyl (C=O) groups is 5. The molecular formula is C47H54Cl4F3N4O16P. The first kappa shape index (κ1) is 65.4. The molecule has 0 saturated heterocycles. The number of rotatable bonds is 18. The van der Waals surface area contributed by atoms with E-state index in [0.29, 0.717) is 18.4 Å². The second-order valence-electron chi connectivity index (χ2n) is 15.3. The Morgan fingerprint density at radius 1 is 0.987 bits per heavy atom. The van der Waals surface area contributed by atoms with Crippen molar-refractivity contribution >= 4 is 101 Å². The van der Waals surface area contributed by atoms with Crippen LogP contribution in [0.25, 0.3) is 0 Å². The van der Waals surface area contributed by atoms with E-state index in [1.165, 1.54) is 6.92 Å². The largest absolute Gasteiger partial charge is 0.489 e. The third kappa shape index (κ3) is 21.1. The zero-order valence-corrected chi connectivity index (χ0v) is 44.9. The van der Waals surface area contributed by atoms with Gasteiger partial charge in [-0.25, -0.2) is 9.59 Å². The van der Waals surface area contributed by atoms with Crippen LogP contribution in [0.1, 0.15) is 61.7 Å². The Morgan fingerprint density at radius 2 is 1.61 bits per heavy atom. The molecule has 412 valence electrons. The van der Waals surface area contributed by atoms with E-state index in [0.717, 1.165) is 65.7 Å². The molecule has 2 unspecified atom stereocenters. The summed E-state index contributed by atoms with van der Waals surface area (Å²) >= 11 is 22.8. The molecule has 0 aliphatic carbocycles. The number of aliphatic carboxylic acids is 1. The number of carbonyl (C=O) groups excluding carboxylic acids is 4. The quantitative estimate of drug-likeness (QED) is 0.0180. The summed E-state index contributed by atoms with van der Waals surface area (Å²) in [4.78, 5) is 86.5. The predicted molar refractivity (Wildman–Crippen MR) is 273 cm³/mol. The van der Waals surface area contributed by atoms with Crippen LogP contribution in [0, 0.1) is 10.1 Å². The molecule has 5 rings (SSSR count). The molecule has 0 spiro atoms. The summed E-state index contributed by atoms with van der Waals surface area (Å²) in [6, 6.07) is 18.8. The van der Waals surface area contributed by atoms with Gasteiger partial charge in [0.1, 0.15) is 42.0 Å². The molecule has 4 aromatic rings. The summed E-state index contributed by atoms with van der Waals surface area (Å²) in [5.41, 5.74) is 1.79. The van der Waals surface area contributed by atoms with Crippen LogP contribution in [0.2, 0.25) is 5.02 Å². The molecule has 1 aliphatic heterocycles. The second kappa shape index (κ2) is 31.3. The van der Waals surface area contributed by atoms with Crippen LogP contribution in [0.5, 0.6) is 17.2 Å². The minimum Gasteiger partial charge on any atom is -0.489 e. The number of carboxylic acid groups (broad SMARTS) is 1. The number of carboxylic acids is 1. The number of hydrogen-bond acceptors (Lipinski definition) is 14. The zero-order chi connectivity index (χ0) is 56.8. The van der Waals surface area contributed by atoms with Crippen molar-refractivity contribution in [2.24, 2.45) is 0 Å². The number of hydrogen-bond donors (Lipinski definition) is 4. The number of para-hydroxylation sites is 3. The average Bonchev–Trinajstić information content (AvgIpc) is 3.35. The third-order valence-corrected chi connectivity index (χ3v) is 11.3. The number of nitrogens with one attached hydrogen (secondary N) is 1. The van der Waals surface area contributed by atoms with Gasteiger partial charge < -0.3 is 43.5 Å². The fraction of sp³-hybridized carbons (Fsp3) is 0.383. The fourth-order valence-electron chi connectivity index (χ4n) is 6.39. The minimum atomic E-state index is -4.61. The van der Waals surface area contributed by atoms with Crippen LogP contribution in [-0.2, 0) is 57.0 Å². The number of halogens is 7. The molecule has 0 radical (unpaired) electrons. The first-order valence-corrected chi connectivity index (χ1v) is 25.7. The van der Waals surface area contributed by atoms with Crippen molar-refractivity contribution in [2.75, 3.05) is 55.6 Å². The van der Waals surface area contributed by atoms with Crippen molar-refractivity contribution in [1.29, 1.82) is 0 Å². The van der Waals surface area contributed by atoms with Crippen LogP contribution < -0.4 is 24.6 Å². The number of nitro groups is 1. The lowest BCUT2D eigenvalue weighted by atomic mass is 10.0. The number of esters is 2. The molecule has 1 aliphatic rings. The van der Waals surface area contributed by atoms with Crippen molar-refractivity contribution in [3.63, 3.8) is 0 Å². The molecule has 0 saturated carbocycles. The van der Waals surface area contributed by atoms with Gasteiger partial charge in [-0.2, -0.15) is 13.2 Å². The van der Waals surface area contributed by atoms with Gasteiger partial charge >= 0.3 is 31.7 Å². The lowest BCUT2D eigenvalue weighted by Crippen LogP contribution is -2.47. The third-order valence-electron chi connectivity index (χ3n) is 9.75. The topological polar surface area (TPSA) is 271 Å². The van der Waals surface area contributed by atoms with Crippen LogP contribution in [0.4, 0.5) is 30.2 Å². The number of nitro benzene ring substituents is 1. The number of methoxy groups -OCH3 is 1. The molecule has 4 N–H and O–H groups in total. The molecule has 75 heavy (non-hydrogen) atoms. The maximum absolute atomic E-state index is 12.8. The lowest BCUT2D eigenvalue weighted by Gasteiger charge is -2.35. The standard InChI is InChI=1S/C19H15ClF3NO7.C14H20ClNO2.C11H11Cl2NO2.C3H8NO5P/c1-3-29-17(25)10(2)30-18(26)13-9-12(5-6-15(13)24(27)28)31-16-7-4-11(8-14(16)20)19(21,22)23;1-4-11-7-6-8-12(5-2)14(11)16(10-18-3)13(17)9-15;1-7-6-16-9-5-3-2-4-8(9)14(7)11(15)10(12)13;5-3(6)1-4-2-10(7,8)9/h4-10H,3H2,1-2H3;6-8H,4-5,9-10H2,1-3H3;2-5,7,10H,6H2,1H3;4H,1-2H2,(H,5,6)(H2,7,8,9). The Balaban J connectivity index is 0.000000372. The van der Waals surface area contributed by atoms with Crippen LogP contribution in [0.15, 0.2) is 78.9 Å². The Bertz CT molecular complexity index is 2630. The maximum Gasteiger partial charge on any atom is 0.416 e. The van der Waals surface area contributed by atoms with Crippen LogP contribution >= 0.6 is 54.0 Å². The number of alkyl halides is 6. The van der Waals surface area contributed by atoms with Gasteiger partial charge in [0.25, 0.3) is 11.6 Å². The highest BCUT2D eigenvalue weighted by Crippen LogP contribution is 2.38. The molecule has 2 atom stereocenters. The Morgan fingerprint density at radius 3 is 2.12 bits per heavy atom. The van der Waals surface area contributed by atoms with Crippen LogP contribution in [-0.4, -0.2) is 112 Å². The van der Waals surface area contributed by atoms with E-state index >= 15 is 0 Å². The molecule has 4 aromatic carbocycles. The highest BCUT2D eigenvalue weighted by molar-refractivity contribution is 7.51. The zero-order valence-electron chi connectivity index (χ0n) is 41.0. The highest BCUT2D eigenvalue weighted by Gasteiger charge is 2.33. The maximum atomic E-state index is 12.8. The summed E-state index contributed by atoms with van der Waals surface area (Å²) in [6.45, 7) is 9.10. The summed E-state index contributed by atoms with van der Waals surface area (Å²) < 4.78 is 73.9. The van der Waals surface area contributed by atoms with Crippen LogP contribution in [0.3, 0.4) is 0 Å². The van der Waals surface area contributed by atoms with Gasteiger partial charge in [0.2, 0.25) is 5.91 Å². The normalized spacial score (nSPS) is 13.1. The van der Waals surface area contributed by atoms with Gasteiger partial charge in [-0.15, -0.1) is 11.6 Å². The number of amides is 2. The molecule has 1 heterocycles. The summed E-state index contributed by atoms with van der Waals surface area (Å²) in [6.07, 6.45) is -4.79. The number of benzene rings is 4. The molecule has 0 aromatic heterocycles. The number of fused-ring (bicyclic) bond motifs is 1. The predicted octanol–water partition coefficient (Wildman–Crippen LogP) is 9.55. The SMILES string of the molecule is CC1COc2ccccc2N1C(=O)C(Cl)Cl.CCOC(=O)C(C)OC(=O)c1cc(Oc2ccc(C(F)(F)F)cc2Cl)ccc1[N+](=O)[O-].CCc1cccc(CC)c1N(COC)C(=O)CCl.O=C(O)CNCP(=O)(O)O. The minimum absolute atomic E-state index is 0.0371. The van der Waals surface area contributed by atoms with Gasteiger partial charge in [-0.1, -0.05) is 79.0 Å². The number of nitrogens with zero attached hydrogens (tertiary/aromatic N) is 3. The lowest BCUT2D eigenvalue weighted by molar-refractivity contribution is -0.385. The van der Waals surface area contributed by atoms with Gasteiger partial charge in [-0.3, -0.25) is 39.3 Å². The molecular weight excluding hydrogens is 1110 g/mol. The smallest absolute Gasteiger partial charge is 0.416 e. The van der Waals surface area contributed by atoms with Gasteiger partial charge in [0, 0.05) is 19.2 Å². The van der Waals surface area contributed by atoms with Crippen molar-refractivity contribution < 1.29 is 85.2 Å². The van der Waals surface area contributed by atoms with E-state index in [9.17, 15) is 51.8 Å². The van der Waals surface area contributed by atoms with E-state index in [-0.39, 0.29) is 53.6 Å². The van der Waals surface area contributed by atoms with E-state index in [2.05, 4.69) is 19.2 Å². The molecule has 28 heteroatoms. The Hall–Kier alpha value is -5.75. The monoisotopic (exact) mass is 1160 g/mol. The van der Waals surface area contributed by atoms with Gasteiger partial charge in [-0.05, 0) is 81.1 Å². The molecule has 0 bridgehead atoms.